The molecule has 0 saturated heterocycles. The number of nitrogens with two attached hydrogens (primary N) is 2. The number of rotatable bonds is 2. The SMILES string of the molecule is CC(=NNC(N)=S)c1sc(N)nc1C. The van der Waals surface area contributed by atoms with Crippen LogP contribution in [0.4, 0.5) is 5.13 Å². The molecule has 0 bridgehead atoms. The van der Waals surface area contributed by atoms with E-state index < -0.39 is 0 Å². The van der Waals surface area contributed by atoms with Crippen molar-refractivity contribution >= 4 is 39.5 Å². The predicted octanol–water partition coefficient (Wildman–Crippen LogP) is 0.591. The highest BCUT2D eigenvalue weighted by atomic mass is 32.1. The number of hydrogen-bond acceptors (Lipinski definition) is 5. The molecular formula is C7H11N5S2. The zero-order chi connectivity index (χ0) is 10.7. The second-order valence-electron chi connectivity index (χ2n) is 2.64. The molecule has 1 rings (SSSR count). The molecule has 0 spiro atoms. The van der Waals surface area contributed by atoms with Crippen molar-refractivity contribution in [3.8, 4) is 0 Å². The zero-order valence-electron chi connectivity index (χ0n) is 7.87. The monoisotopic (exact) mass is 229 g/mol. The Morgan fingerprint density at radius 3 is 2.71 bits per heavy atom. The second kappa shape index (κ2) is 4.34. The van der Waals surface area contributed by atoms with Crippen LogP contribution in [0.25, 0.3) is 0 Å². The standard InChI is InChI=1S/C7H11N5S2/c1-3-5(14-7(9)10-3)4(2)11-12-6(8)13/h1-2H3,(H2,9,10)(H3,8,12,13). The molecule has 0 saturated carbocycles. The molecule has 1 heterocycles. The Balaban J connectivity index is 2.88. The minimum Gasteiger partial charge on any atom is -0.375 e. The van der Waals surface area contributed by atoms with E-state index in [4.69, 9.17) is 11.5 Å². The van der Waals surface area contributed by atoms with Crippen LogP contribution in [0.3, 0.4) is 0 Å². The van der Waals surface area contributed by atoms with E-state index in [1.807, 2.05) is 13.8 Å². The molecule has 5 N–H and O–H groups in total. The molecule has 76 valence electrons. The summed E-state index contributed by atoms with van der Waals surface area (Å²) in [5.74, 6) is 0. The summed E-state index contributed by atoms with van der Waals surface area (Å²) in [6, 6.07) is 0. The number of nitrogens with zero attached hydrogens (tertiary/aromatic N) is 2. The summed E-state index contributed by atoms with van der Waals surface area (Å²) in [5.41, 5.74) is 14.9. The third-order valence-corrected chi connectivity index (χ3v) is 2.66. The van der Waals surface area contributed by atoms with Crippen LogP contribution in [0.5, 0.6) is 0 Å². The maximum Gasteiger partial charge on any atom is 0.184 e. The van der Waals surface area contributed by atoms with Crippen molar-refractivity contribution in [3.05, 3.63) is 10.6 Å². The van der Waals surface area contributed by atoms with Gasteiger partial charge in [0.05, 0.1) is 16.3 Å². The molecule has 0 aliphatic heterocycles. The summed E-state index contributed by atoms with van der Waals surface area (Å²) in [7, 11) is 0. The van der Waals surface area contributed by atoms with E-state index in [1.165, 1.54) is 11.3 Å². The number of hydrazone groups is 1. The van der Waals surface area contributed by atoms with Crippen LogP contribution in [-0.4, -0.2) is 15.8 Å². The minimum atomic E-state index is 0.138. The first-order chi connectivity index (χ1) is 6.50. The Hall–Kier alpha value is -1.21. The van der Waals surface area contributed by atoms with E-state index in [0.29, 0.717) is 5.13 Å². The molecule has 7 heteroatoms. The molecule has 0 aromatic carbocycles. The van der Waals surface area contributed by atoms with Gasteiger partial charge in [0.15, 0.2) is 10.2 Å². The lowest BCUT2D eigenvalue weighted by molar-refractivity contribution is 1.03. The van der Waals surface area contributed by atoms with Crippen LogP contribution in [0.15, 0.2) is 5.10 Å². The van der Waals surface area contributed by atoms with Crippen molar-refractivity contribution in [1.82, 2.24) is 10.4 Å². The average Bonchev–Trinajstić information content (AvgIpc) is 2.41. The van der Waals surface area contributed by atoms with Crippen LogP contribution >= 0.6 is 23.6 Å². The molecule has 0 radical (unpaired) electrons. The summed E-state index contributed by atoms with van der Waals surface area (Å²) < 4.78 is 0. The molecular weight excluding hydrogens is 218 g/mol. The lowest BCUT2D eigenvalue weighted by Crippen LogP contribution is -2.25. The first-order valence-electron chi connectivity index (χ1n) is 3.83. The fourth-order valence-corrected chi connectivity index (χ4v) is 1.77. The zero-order valence-corrected chi connectivity index (χ0v) is 9.50. The number of anilines is 1. The van der Waals surface area contributed by atoms with Gasteiger partial charge in [0, 0.05) is 0 Å². The smallest absolute Gasteiger partial charge is 0.184 e. The third kappa shape index (κ3) is 2.64. The van der Waals surface area contributed by atoms with E-state index in [2.05, 4.69) is 27.7 Å². The lowest BCUT2D eigenvalue weighted by atomic mass is 10.3. The molecule has 14 heavy (non-hydrogen) atoms. The summed E-state index contributed by atoms with van der Waals surface area (Å²) in [5, 5.41) is 4.65. The highest BCUT2D eigenvalue weighted by Crippen LogP contribution is 2.20. The quantitative estimate of drug-likeness (QED) is 0.392. The summed E-state index contributed by atoms with van der Waals surface area (Å²) in [6.07, 6.45) is 0. The largest absolute Gasteiger partial charge is 0.375 e. The summed E-state index contributed by atoms with van der Waals surface area (Å²) in [4.78, 5) is 5.02. The van der Waals surface area contributed by atoms with Crippen molar-refractivity contribution in [2.24, 2.45) is 10.8 Å². The predicted molar refractivity (Wildman–Crippen MR) is 63.4 cm³/mol. The minimum absolute atomic E-state index is 0.138. The van der Waals surface area contributed by atoms with Gasteiger partial charge in [-0.25, -0.2) is 4.98 Å². The van der Waals surface area contributed by atoms with Gasteiger partial charge in [-0.15, -0.1) is 0 Å². The highest BCUT2D eigenvalue weighted by molar-refractivity contribution is 7.80. The molecule has 0 aliphatic rings. The van der Waals surface area contributed by atoms with E-state index >= 15 is 0 Å². The fraction of sp³-hybridized carbons (Fsp3) is 0.286. The molecule has 0 fully saturated rings. The maximum atomic E-state index is 5.55. The van der Waals surface area contributed by atoms with Crippen LogP contribution in [0, 0.1) is 6.92 Å². The van der Waals surface area contributed by atoms with Gasteiger partial charge in [-0.1, -0.05) is 11.3 Å². The normalized spacial score (nSPS) is 11.4. The highest BCUT2D eigenvalue weighted by Gasteiger charge is 2.07. The average molecular weight is 229 g/mol. The molecule has 0 aliphatic carbocycles. The van der Waals surface area contributed by atoms with Gasteiger partial charge in [0.25, 0.3) is 0 Å². The Kier molecular flexibility index (Phi) is 3.37. The number of hydrogen-bond donors (Lipinski definition) is 3. The fourth-order valence-electron chi connectivity index (χ4n) is 0.943. The van der Waals surface area contributed by atoms with Gasteiger partial charge < -0.3 is 11.5 Å². The van der Waals surface area contributed by atoms with Gasteiger partial charge in [0.1, 0.15) is 0 Å². The molecule has 5 nitrogen and oxygen atoms in total. The third-order valence-electron chi connectivity index (χ3n) is 1.48. The van der Waals surface area contributed by atoms with Crippen LogP contribution in [-0.2, 0) is 0 Å². The van der Waals surface area contributed by atoms with Crippen molar-refractivity contribution in [3.63, 3.8) is 0 Å². The molecule has 1 aromatic rings. The number of nitrogens with one attached hydrogen (secondary N) is 1. The van der Waals surface area contributed by atoms with E-state index in [9.17, 15) is 0 Å². The Morgan fingerprint density at radius 1 is 1.64 bits per heavy atom. The van der Waals surface area contributed by atoms with Crippen molar-refractivity contribution < 1.29 is 0 Å². The van der Waals surface area contributed by atoms with E-state index in [0.717, 1.165) is 16.3 Å². The van der Waals surface area contributed by atoms with Crippen LogP contribution in [0.1, 0.15) is 17.5 Å². The number of thiocarbonyl (C=S) groups is 1. The first kappa shape index (κ1) is 10.9. The van der Waals surface area contributed by atoms with Gasteiger partial charge >= 0.3 is 0 Å². The van der Waals surface area contributed by atoms with E-state index in [1.54, 1.807) is 0 Å². The molecule has 0 atom stereocenters. The van der Waals surface area contributed by atoms with Crippen LogP contribution < -0.4 is 16.9 Å². The number of nitrogen functional groups attached to an aromatic ring is 1. The lowest BCUT2D eigenvalue weighted by Gasteiger charge is -1.98. The van der Waals surface area contributed by atoms with Gasteiger partial charge in [-0.05, 0) is 26.1 Å². The van der Waals surface area contributed by atoms with Crippen molar-refractivity contribution in [1.29, 1.82) is 0 Å². The summed E-state index contributed by atoms with van der Waals surface area (Å²) in [6.45, 7) is 3.72. The van der Waals surface area contributed by atoms with Gasteiger partial charge in [-0.2, -0.15) is 5.10 Å². The summed E-state index contributed by atoms with van der Waals surface area (Å²) >= 11 is 6.01. The molecule has 1 aromatic heterocycles. The molecule has 0 amide bonds. The topological polar surface area (TPSA) is 89.3 Å². The Labute approximate surface area is 91.2 Å². The first-order valence-corrected chi connectivity index (χ1v) is 5.06. The van der Waals surface area contributed by atoms with Crippen molar-refractivity contribution in [2.45, 2.75) is 13.8 Å². The van der Waals surface area contributed by atoms with Gasteiger partial charge in [-0.3, -0.25) is 5.43 Å². The van der Waals surface area contributed by atoms with E-state index in [-0.39, 0.29) is 5.11 Å². The molecule has 0 unspecified atom stereocenters. The van der Waals surface area contributed by atoms with Crippen LogP contribution in [0.2, 0.25) is 0 Å². The maximum absolute atomic E-state index is 5.55. The number of thiazole rings is 1. The second-order valence-corrected chi connectivity index (χ2v) is 4.11. The number of aromatic nitrogens is 1. The van der Waals surface area contributed by atoms with Gasteiger partial charge in [0.2, 0.25) is 0 Å². The Bertz CT molecular complexity index is 381. The Morgan fingerprint density at radius 2 is 2.29 bits per heavy atom. The van der Waals surface area contributed by atoms with Crippen molar-refractivity contribution in [2.75, 3.05) is 5.73 Å². The number of aryl methyl sites for hydroxylation is 1.